The highest BCUT2D eigenvalue weighted by Gasteiger charge is 2.70. The molecule has 2 N–H and O–H groups in total. The Morgan fingerprint density at radius 1 is 0.917 bits per heavy atom. The fraction of sp³-hybridized carbons (Fsp3) is 0.333. The Labute approximate surface area is 287 Å². The van der Waals surface area contributed by atoms with Gasteiger partial charge in [0.2, 0.25) is 11.8 Å². The number of hydrazine groups is 1. The van der Waals surface area contributed by atoms with Crippen LogP contribution in [0.5, 0.6) is 17.2 Å². The standard InChI is InChI=1S/C36H33Cl2N3O7/c1-4-40-32(43)23-12-11-22-24(30(23)34(40)45)17-25-33(44)41(39-27-13-8-20(37)16-26(27)38)35(46)36(25,19-6-9-21(47-2)10-7-19)31(22)18-5-14-28(42)29(15-18)48-3/h5-11,13-16,23-25,30-31,39,42H,4,12,17H2,1-3H3. The number of likely N-dealkylation sites (tertiary alicyclic amines) is 1. The number of nitrogens with one attached hydrogen (secondary N) is 1. The summed E-state index contributed by atoms with van der Waals surface area (Å²) in [6.45, 7) is 2.02. The molecule has 0 bridgehead atoms. The Balaban J connectivity index is 1.48. The summed E-state index contributed by atoms with van der Waals surface area (Å²) in [6, 6.07) is 16.6. The van der Waals surface area contributed by atoms with E-state index in [0.717, 1.165) is 10.6 Å². The number of amides is 4. The maximum atomic E-state index is 15.2. The number of aromatic hydroxyl groups is 1. The number of methoxy groups -OCH3 is 2. The molecule has 3 fully saturated rings. The van der Waals surface area contributed by atoms with Crippen LogP contribution in [-0.4, -0.2) is 59.4 Å². The number of halogens is 2. The number of phenolic OH excluding ortho intramolecular Hbond substituents is 1. The fourth-order valence-electron chi connectivity index (χ4n) is 8.47. The van der Waals surface area contributed by atoms with Crippen LogP contribution in [0.25, 0.3) is 0 Å². The minimum absolute atomic E-state index is 0.0917. The zero-order chi connectivity index (χ0) is 34.1. The minimum atomic E-state index is -1.51. The van der Waals surface area contributed by atoms with Crippen molar-refractivity contribution in [3.63, 3.8) is 0 Å². The van der Waals surface area contributed by atoms with Crippen molar-refractivity contribution in [2.45, 2.75) is 31.1 Å². The summed E-state index contributed by atoms with van der Waals surface area (Å²) in [5.74, 6) is -4.30. The molecule has 0 spiro atoms. The molecular weight excluding hydrogens is 657 g/mol. The van der Waals surface area contributed by atoms with Crippen LogP contribution >= 0.6 is 23.2 Å². The van der Waals surface area contributed by atoms with Crippen molar-refractivity contribution in [1.82, 2.24) is 9.91 Å². The number of fused-ring (bicyclic) bond motifs is 4. The van der Waals surface area contributed by atoms with Crippen molar-refractivity contribution in [3.8, 4) is 17.2 Å². The molecule has 0 aromatic heterocycles. The topological polar surface area (TPSA) is 125 Å². The number of benzene rings is 3. The van der Waals surface area contributed by atoms with Crippen molar-refractivity contribution in [2.24, 2.45) is 23.7 Å². The van der Waals surface area contributed by atoms with Crippen LogP contribution in [0.15, 0.2) is 72.3 Å². The van der Waals surface area contributed by atoms with E-state index >= 15 is 4.79 Å². The lowest BCUT2D eigenvalue weighted by Gasteiger charge is -2.50. The first-order chi connectivity index (χ1) is 23.1. The van der Waals surface area contributed by atoms with E-state index < -0.39 is 46.8 Å². The van der Waals surface area contributed by atoms with Crippen LogP contribution < -0.4 is 14.9 Å². The highest BCUT2D eigenvalue weighted by atomic mass is 35.5. The number of rotatable bonds is 7. The number of imide groups is 2. The van der Waals surface area contributed by atoms with Crippen molar-refractivity contribution in [2.75, 3.05) is 26.2 Å². The quantitative estimate of drug-likeness (QED) is 0.238. The second kappa shape index (κ2) is 11.9. The summed E-state index contributed by atoms with van der Waals surface area (Å²) in [4.78, 5) is 58.5. The predicted octanol–water partition coefficient (Wildman–Crippen LogP) is 5.72. The number of allylic oxidation sites excluding steroid dienone is 2. The molecule has 4 aliphatic rings. The van der Waals surface area contributed by atoms with Gasteiger partial charge in [-0.1, -0.05) is 53.1 Å². The van der Waals surface area contributed by atoms with E-state index in [-0.39, 0.29) is 41.3 Å². The molecule has 3 aromatic carbocycles. The Hall–Kier alpha value is -4.54. The van der Waals surface area contributed by atoms with Gasteiger partial charge in [0.15, 0.2) is 11.5 Å². The summed E-state index contributed by atoms with van der Waals surface area (Å²) in [6.07, 6.45) is 2.45. The molecule has 10 nitrogen and oxygen atoms in total. The molecule has 3 aromatic rings. The van der Waals surface area contributed by atoms with E-state index in [1.54, 1.807) is 62.6 Å². The number of nitrogens with zero attached hydrogens (tertiary/aromatic N) is 2. The lowest BCUT2D eigenvalue weighted by atomic mass is 9.49. The van der Waals surface area contributed by atoms with Crippen molar-refractivity contribution < 1.29 is 33.8 Å². The van der Waals surface area contributed by atoms with E-state index in [2.05, 4.69) is 5.43 Å². The average Bonchev–Trinajstić information content (AvgIpc) is 3.46. The van der Waals surface area contributed by atoms with E-state index in [1.165, 1.54) is 24.1 Å². The number of carbonyl (C=O) groups excluding carboxylic acids is 4. The Bertz CT molecular complexity index is 1900. The predicted molar refractivity (Wildman–Crippen MR) is 178 cm³/mol. The molecule has 7 rings (SSSR count). The Kier molecular flexibility index (Phi) is 7.91. The van der Waals surface area contributed by atoms with Crippen LogP contribution in [0.3, 0.4) is 0 Å². The number of ether oxygens (including phenoxy) is 2. The van der Waals surface area contributed by atoms with E-state index in [9.17, 15) is 19.5 Å². The molecular formula is C36H33Cl2N3O7. The summed E-state index contributed by atoms with van der Waals surface area (Å²) >= 11 is 12.6. The van der Waals surface area contributed by atoms with Gasteiger partial charge in [-0.2, -0.15) is 5.01 Å². The molecule has 0 radical (unpaired) electrons. The molecule has 6 atom stereocenters. The third kappa shape index (κ3) is 4.53. The summed E-state index contributed by atoms with van der Waals surface area (Å²) in [5.41, 5.74) is 3.75. The summed E-state index contributed by atoms with van der Waals surface area (Å²) in [5, 5.41) is 12.2. The Morgan fingerprint density at radius 2 is 1.67 bits per heavy atom. The smallest absolute Gasteiger partial charge is 0.260 e. The number of hydrogen-bond acceptors (Lipinski definition) is 8. The van der Waals surface area contributed by atoms with Gasteiger partial charge in [0.25, 0.3) is 11.8 Å². The van der Waals surface area contributed by atoms with E-state index in [0.29, 0.717) is 34.0 Å². The lowest BCUT2D eigenvalue weighted by molar-refractivity contribution is -0.141. The zero-order valence-corrected chi connectivity index (χ0v) is 27.9. The maximum Gasteiger partial charge on any atom is 0.260 e. The molecule has 2 heterocycles. The monoisotopic (exact) mass is 689 g/mol. The molecule has 48 heavy (non-hydrogen) atoms. The average molecular weight is 691 g/mol. The number of hydrogen-bond donors (Lipinski definition) is 2. The van der Waals surface area contributed by atoms with Gasteiger partial charge in [-0.25, -0.2) is 0 Å². The van der Waals surface area contributed by atoms with Gasteiger partial charge in [0.05, 0.1) is 48.1 Å². The van der Waals surface area contributed by atoms with Gasteiger partial charge in [0, 0.05) is 17.5 Å². The van der Waals surface area contributed by atoms with Crippen LogP contribution in [0.2, 0.25) is 10.0 Å². The van der Waals surface area contributed by atoms with Crippen molar-refractivity contribution in [3.05, 3.63) is 93.5 Å². The largest absolute Gasteiger partial charge is 0.504 e. The zero-order valence-electron chi connectivity index (χ0n) is 26.4. The molecule has 2 aliphatic heterocycles. The highest BCUT2D eigenvalue weighted by Crippen LogP contribution is 2.64. The van der Waals surface area contributed by atoms with E-state index in [1.807, 2.05) is 6.08 Å². The molecule has 12 heteroatoms. The van der Waals surface area contributed by atoms with Crippen LogP contribution in [-0.2, 0) is 24.6 Å². The number of phenols is 1. The van der Waals surface area contributed by atoms with Gasteiger partial charge in [0.1, 0.15) is 5.75 Å². The molecule has 1 saturated carbocycles. The van der Waals surface area contributed by atoms with E-state index in [4.69, 9.17) is 32.7 Å². The molecule has 2 aliphatic carbocycles. The molecule has 4 amide bonds. The van der Waals surface area contributed by atoms with Crippen LogP contribution in [0.4, 0.5) is 5.69 Å². The van der Waals surface area contributed by atoms with Crippen LogP contribution in [0, 0.1) is 23.7 Å². The second-order valence-electron chi connectivity index (χ2n) is 12.6. The third-order valence-corrected chi connectivity index (χ3v) is 11.1. The van der Waals surface area contributed by atoms with Gasteiger partial charge in [-0.15, -0.1) is 0 Å². The first-order valence-corrected chi connectivity index (χ1v) is 16.5. The minimum Gasteiger partial charge on any atom is -0.504 e. The molecule has 248 valence electrons. The van der Waals surface area contributed by atoms with Crippen molar-refractivity contribution in [1.29, 1.82) is 0 Å². The fourth-order valence-corrected chi connectivity index (χ4v) is 8.92. The number of anilines is 1. The SMILES string of the molecule is CCN1C(=O)C2CC=C3C(CC4C(=O)N(Nc5ccc(Cl)cc5Cl)C(=O)C4(c4ccc(OC)cc4)C3c3ccc(O)c(OC)c3)C2C1=O. The molecule has 2 saturated heterocycles. The van der Waals surface area contributed by atoms with Gasteiger partial charge < -0.3 is 14.6 Å². The van der Waals surface area contributed by atoms with Crippen LogP contribution in [0.1, 0.15) is 36.8 Å². The second-order valence-corrected chi connectivity index (χ2v) is 13.4. The van der Waals surface area contributed by atoms with Gasteiger partial charge in [-0.05, 0) is 79.3 Å². The van der Waals surface area contributed by atoms with Gasteiger partial charge in [-0.3, -0.25) is 29.5 Å². The first kappa shape index (κ1) is 32.0. The third-order valence-electron chi connectivity index (χ3n) is 10.5. The number of carbonyl (C=O) groups is 4. The lowest BCUT2D eigenvalue weighted by Crippen LogP contribution is -2.53. The molecule has 6 unspecified atom stereocenters. The van der Waals surface area contributed by atoms with Crippen molar-refractivity contribution >= 4 is 52.5 Å². The maximum absolute atomic E-state index is 15.2. The summed E-state index contributed by atoms with van der Waals surface area (Å²) in [7, 11) is 2.98. The van der Waals surface area contributed by atoms with Gasteiger partial charge >= 0.3 is 0 Å². The first-order valence-electron chi connectivity index (χ1n) is 15.7. The highest BCUT2D eigenvalue weighted by molar-refractivity contribution is 6.36. The Morgan fingerprint density at radius 3 is 2.33 bits per heavy atom. The summed E-state index contributed by atoms with van der Waals surface area (Å²) < 4.78 is 10.9. The normalized spacial score (nSPS) is 27.8.